The van der Waals surface area contributed by atoms with Crippen LogP contribution in [0, 0.1) is 11.3 Å². The molecule has 0 aliphatic rings. The number of carboxylic acids is 1. The predicted octanol–water partition coefficient (Wildman–Crippen LogP) is 3.90. The second-order valence-electron chi connectivity index (χ2n) is 9.64. The molecule has 3 aromatic carbocycles. The summed E-state index contributed by atoms with van der Waals surface area (Å²) in [5.41, 5.74) is 7.66. The van der Waals surface area contributed by atoms with Gasteiger partial charge in [0.25, 0.3) is 11.8 Å². The van der Waals surface area contributed by atoms with Crippen LogP contribution in [0.4, 0.5) is 5.69 Å². The molecule has 0 bridgehead atoms. The van der Waals surface area contributed by atoms with Gasteiger partial charge in [-0.15, -0.1) is 0 Å². The molecule has 9 nitrogen and oxygen atoms in total. The Labute approximate surface area is 222 Å². The number of aromatic carboxylic acids is 1. The Kier molecular flexibility index (Phi) is 8.98. The fourth-order valence-corrected chi connectivity index (χ4v) is 4.01. The van der Waals surface area contributed by atoms with Crippen molar-refractivity contribution in [1.82, 2.24) is 10.2 Å². The van der Waals surface area contributed by atoms with E-state index in [9.17, 15) is 19.5 Å². The second-order valence-corrected chi connectivity index (χ2v) is 9.64. The van der Waals surface area contributed by atoms with Crippen LogP contribution in [0.5, 0.6) is 0 Å². The third-order valence-electron chi connectivity index (χ3n) is 6.11. The standard InChI is InChI=1S/C29H33N5O4/c1-17(2)25(16-34(3)4)33-27(35)19-11-14-22(24(15-19)29(37)38)21-7-5-6-8-23(21)28(36)32-20-12-9-18(10-13-20)26(30)31/h5-15,17,25H,16H2,1-4H3,(H3,30,31)(H,32,36)(H,33,35)(H,37,38). The topological polar surface area (TPSA) is 149 Å². The number of benzene rings is 3. The van der Waals surface area contributed by atoms with Crippen LogP contribution in [0.25, 0.3) is 11.1 Å². The molecule has 1 atom stereocenters. The highest BCUT2D eigenvalue weighted by Gasteiger charge is 2.22. The number of amidine groups is 1. The van der Waals surface area contributed by atoms with E-state index in [0.717, 1.165) is 0 Å². The number of nitrogens with one attached hydrogen (secondary N) is 3. The number of hydrogen-bond donors (Lipinski definition) is 5. The Bertz CT molecular complexity index is 1350. The Morgan fingerprint density at radius 1 is 0.895 bits per heavy atom. The summed E-state index contributed by atoms with van der Waals surface area (Å²) < 4.78 is 0. The summed E-state index contributed by atoms with van der Waals surface area (Å²) in [5.74, 6) is -1.90. The molecule has 0 saturated heterocycles. The van der Waals surface area contributed by atoms with Crippen LogP contribution in [-0.4, -0.2) is 60.3 Å². The second kappa shape index (κ2) is 12.2. The average Bonchev–Trinajstić information content (AvgIpc) is 2.87. The van der Waals surface area contributed by atoms with E-state index in [0.29, 0.717) is 28.9 Å². The highest BCUT2D eigenvalue weighted by Crippen LogP contribution is 2.29. The third-order valence-corrected chi connectivity index (χ3v) is 6.11. The lowest BCUT2D eigenvalue weighted by Crippen LogP contribution is -2.45. The molecule has 198 valence electrons. The van der Waals surface area contributed by atoms with Gasteiger partial charge in [0.1, 0.15) is 5.84 Å². The number of rotatable bonds is 10. The minimum atomic E-state index is -1.21. The zero-order valence-electron chi connectivity index (χ0n) is 21.9. The molecule has 0 heterocycles. The van der Waals surface area contributed by atoms with Crippen molar-refractivity contribution >= 4 is 29.3 Å². The van der Waals surface area contributed by atoms with E-state index in [1.165, 1.54) is 6.07 Å². The number of nitrogens with two attached hydrogens (primary N) is 1. The van der Waals surface area contributed by atoms with Crippen molar-refractivity contribution in [2.45, 2.75) is 19.9 Å². The van der Waals surface area contributed by atoms with E-state index in [-0.39, 0.29) is 40.4 Å². The van der Waals surface area contributed by atoms with Crippen LogP contribution in [0.3, 0.4) is 0 Å². The lowest BCUT2D eigenvalue weighted by Gasteiger charge is -2.25. The van der Waals surface area contributed by atoms with E-state index in [1.807, 2.05) is 32.8 Å². The van der Waals surface area contributed by atoms with Crippen molar-refractivity contribution in [2.75, 3.05) is 26.0 Å². The minimum Gasteiger partial charge on any atom is -0.478 e. The molecule has 1 unspecified atom stereocenters. The maximum absolute atomic E-state index is 13.2. The molecular formula is C29H33N5O4. The monoisotopic (exact) mass is 515 g/mol. The van der Waals surface area contributed by atoms with Gasteiger partial charge in [-0.05, 0) is 73.6 Å². The molecule has 0 aromatic heterocycles. The van der Waals surface area contributed by atoms with Crippen molar-refractivity contribution < 1.29 is 19.5 Å². The van der Waals surface area contributed by atoms with Crippen molar-refractivity contribution in [3.8, 4) is 11.1 Å². The van der Waals surface area contributed by atoms with Crippen LogP contribution >= 0.6 is 0 Å². The van der Waals surface area contributed by atoms with Crippen LogP contribution in [-0.2, 0) is 0 Å². The van der Waals surface area contributed by atoms with Crippen LogP contribution < -0.4 is 16.4 Å². The quantitative estimate of drug-likeness (QED) is 0.204. The minimum absolute atomic E-state index is 0.0797. The van der Waals surface area contributed by atoms with Crippen molar-refractivity contribution in [3.63, 3.8) is 0 Å². The fourth-order valence-electron chi connectivity index (χ4n) is 4.01. The molecule has 2 amide bonds. The molecule has 0 spiro atoms. The van der Waals surface area contributed by atoms with Gasteiger partial charge in [0.2, 0.25) is 0 Å². The molecule has 0 aliphatic heterocycles. The normalized spacial score (nSPS) is 11.7. The van der Waals surface area contributed by atoms with Gasteiger partial charge in [0.15, 0.2) is 0 Å². The number of nitrogen functional groups attached to an aromatic ring is 1. The largest absolute Gasteiger partial charge is 0.478 e. The Balaban J connectivity index is 1.93. The summed E-state index contributed by atoms with van der Waals surface area (Å²) in [6, 6.07) is 17.6. The van der Waals surface area contributed by atoms with Gasteiger partial charge >= 0.3 is 5.97 Å². The van der Waals surface area contributed by atoms with Gasteiger partial charge in [-0.1, -0.05) is 38.1 Å². The maximum Gasteiger partial charge on any atom is 0.336 e. The Morgan fingerprint density at radius 2 is 1.50 bits per heavy atom. The lowest BCUT2D eigenvalue weighted by atomic mass is 9.93. The molecule has 9 heteroatoms. The van der Waals surface area contributed by atoms with Crippen LogP contribution in [0.15, 0.2) is 66.7 Å². The first-order chi connectivity index (χ1) is 18.0. The fraction of sp³-hybridized carbons (Fsp3) is 0.241. The number of carboxylic acid groups (broad SMARTS) is 1. The zero-order chi connectivity index (χ0) is 28.0. The van der Waals surface area contributed by atoms with E-state index < -0.39 is 11.9 Å². The smallest absolute Gasteiger partial charge is 0.336 e. The lowest BCUT2D eigenvalue weighted by molar-refractivity contribution is 0.0697. The molecule has 38 heavy (non-hydrogen) atoms. The van der Waals surface area contributed by atoms with Crippen LogP contribution in [0.1, 0.15) is 50.5 Å². The number of carbonyl (C=O) groups is 3. The maximum atomic E-state index is 13.2. The number of likely N-dealkylation sites (N-methyl/N-ethyl adjacent to an activating group) is 1. The summed E-state index contributed by atoms with van der Waals surface area (Å²) >= 11 is 0. The van der Waals surface area contributed by atoms with Crippen LogP contribution in [0.2, 0.25) is 0 Å². The summed E-state index contributed by atoms with van der Waals surface area (Å²) in [6.07, 6.45) is 0. The first-order valence-electron chi connectivity index (χ1n) is 12.2. The van der Waals surface area contributed by atoms with E-state index in [2.05, 4.69) is 10.6 Å². The molecular weight excluding hydrogens is 482 g/mol. The molecule has 6 N–H and O–H groups in total. The molecule has 3 aromatic rings. The van der Waals surface area contributed by atoms with Crippen molar-refractivity contribution in [3.05, 3.63) is 89.0 Å². The summed E-state index contributed by atoms with van der Waals surface area (Å²) in [4.78, 5) is 40.4. The first kappa shape index (κ1) is 28.1. The highest BCUT2D eigenvalue weighted by atomic mass is 16.4. The van der Waals surface area contributed by atoms with Crippen molar-refractivity contribution in [2.24, 2.45) is 11.7 Å². The molecule has 0 radical (unpaired) electrons. The molecule has 0 fully saturated rings. The number of anilines is 1. The van der Waals surface area contributed by atoms with E-state index in [4.69, 9.17) is 11.1 Å². The number of nitrogens with zero attached hydrogens (tertiary/aromatic N) is 1. The summed E-state index contributed by atoms with van der Waals surface area (Å²) in [6.45, 7) is 4.67. The van der Waals surface area contributed by atoms with Crippen molar-refractivity contribution in [1.29, 1.82) is 5.41 Å². The summed E-state index contributed by atoms with van der Waals surface area (Å²) in [7, 11) is 3.85. The molecule has 3 rings (SSSR count). The Hall–Kier alpha value is -4.50. The number of amides is 2. The highest BCUT2D eigenvalue weighted by molar-refractivity contribution is 6.11. The Morgan fingerprint density at radius 3 is 2.08 bits per heavy atom. The number of hydrogen-bond acceptors (Lipinski definition) is 5. The number of carbonyl (C=O) groups excluding carboxylic acids is 2. The molecule has 0 aliphatic carbocycles. The molecule has 0 saturated carbocycles. The van der Waals surface area contributed by atoms with Gasteiger partial charge in [-0.3, -0.25) is 15.0 Å². The van der Waals surface area contributed by atoms with Gasteiger partial charge in [-0.25, -0.2) is 4.79 Å². The SMILES string of the molecule is CC(C)C(CN(C)C)NC(=O)c1ccc(-c2ccccc2C(=O)Nc2ccc(C(=N)N)cc2)c(C(=O)O)c1. The third kappa shape index (κ3) is 6.83. The first-order valence-corrected chi connectivity index (χ1v) is 12.2. The summed E-state index contributed by atoms with van der Waals surface area (Å²) in [5, 5.41) is 23.3. The van der Waals surface area contributed by atoms with Gasteiger partial charge in [-0.2, -0.15) is 0 Å². The van der Waals surface area contributed by atoms with E-state index in [1.54, 1.807) is 60.7 Å². The average molecular weight is 516 g/mol. The van der Waals surface area contributed by atoms with Gasteiger partial charge < -0.3 is 26.4 Å². The van der Waals surface area contributed by atoms with Gasteiger partial charge in [0, 0.05) is 35.0 Å². The van der Waals surface area contributed by atoms with E-state index >= 15 is 0 Å². The zero-order valence-corrected chi connectivity index (χ0v) is 21.9. The van der Waals surface area contributed by atoms with Gasteiger partial charge in [0.05, 0.1) is 5.56 Å². The predicted molar refractivity (Wildman–Crippen MR) is 149 cm³/mol.